The SMILES string of the molecule is Cc1cc(Br)c(=O)n(CC(C)(C)N)c1. The van der Waals surface area contributed by atoms with Crippen molar-refractivity contribution in [3.63, 3.8) is 0 Å². The summed E-state index contributed by atoms with van der Waals surface area (Å²) in [6.07, 6.45) is 1.82. The molecule has 0 saturated carbocycles. The zero-order valence-corrected chi connectivity index (χ0v) is 10.3. The van der Waals surface area contributed by atoms with Gasteiger partial charge in [-0.1, -0.05) is 0 Å². The van der Waals surface area contributed by atoms with Crippen molar-refractivity contribution in [3.8, 4) is 0 Å². The van der Waals surface area contributed by atoms with Gasteiger partial charge in [0, 0.05) is 18.3 Å². The average molecular weight is 259 g/mol. The standard InChI is InChI=1S/C10H15BrN2O/c1-7-4-8(11)9(14)13(5-7)6-10(2,3)12/h4-5H,6,12H2,1-3H3. The lowest BCUT2D eigenvalue weighted by atomic mass is 10.1. The second kappa shape index (κ2) is 3.87. The van der Waals surface area contributed by atoms with Crippen LogP contribution in [0.4, 0.5) is 0 Å². The predicted molar refractivity (Wildman–Crippen MR) is 61.4 cm³/mol. The van der Waals surface area contributed by atoms with Gasteiger partial charge in [-0.05, 0) is 48.3 Å². The molecule has 1 aromatic heterocycles. The van der Waals surface area contributed by atoms with E-state index in [0.717, 1.165) is 5.56 Å². The minimum atomic E-state index is -0.378. The van der Waals surface area contributed by atoms with Gasteiger partial charge in [-0.3, -0.25) is 4.79 Å². The molecular weight excluding hydrogens is 244 g/mol. The maximum Gasteiger partial charge on any atom is 0.264 e. The molecule has 78 valence electrons. The molecule has 0 unspecified atom stereocenters. The maximum atomic E-state index is 11.7. The van der Waals surface area contributed by atoms with Crippen molar-refractivity contribution < 1.29 is 0 Å². The average Bonchev–Trinajstić information content (AvgIpc) is 1.96. The van der Waals surface area contributed by atoms with Gasteiger partial charge in [-0.2, -0.15) is 0 Å². The number of hydrogen-bond acceptors (Lipinski definition) is 2. The van der Waals surface area contributed by atoms with E-state index in [1.54, 1.807) is 4.57 Å². The summed E-state index contributed by atoms with van der Waals surface area (Å²) in [5, 5.41) is 0. The predicted octanol–water partition coefficient (Wildman–Crippen LogP) is 1.66. The van der Waals surface area contributed by atoms with Gasteiger partial charge in [0.25, 0.3) is 5.56 Å². The van der Waals surface area contributed by atoms with Crippen LogP contribution in [0.1, 0.15) is 19.4 Å². The van der Waals surface area contributed by atoms with Crippen LogP contribution in [-0.4, -0.2) is 10.1 Å². The number of pyridine rings is 1. The van der Waals surface area contributed by atoms with Crippen LogP contribution in [0, 0.1) is 6.92 Å². The van der Waals surface area contributed by atoms with E-state index < -0.39 is 0 Å². The molecule has 0 spiro atoms. The Morgan fingerprint density at radius 3 is 2.64 bits per heavy atom. The number of hydrogen-bond donors (Lipinski definition) is 1. The van der Waals surface area contributed by atoms with E-state index in [2.05, 4.69) is 15.9 Å². The number of nitrogens with two attached hydrogens (primary N) is 1. The lowest BCUT2D eigenvalue weighted by Gasteiger charge is -2.20. The minimum Gasteiger partial charge on any atom is -0.324 e. The van der Waals surface area contributed by atoms with E-state index in [0.29, 0.717) is 11.0 Å². The minimum absolute atomic E-state index is 0.0332. The van der Waals surface area contributed by atoms with Crippen LogP contribution < -0.4 is 11.3 Å². The van der Waals surface area contributed by atoms with Crippen LogP contribution in [0.15, 0.2) is 21.5 Å². The Bertz CT molecular complexity index is 390. The highest BCUT2D eigenvalue weighted by Gasteiger charge is 2.13. The molecule has 0 radical (unpaired) electrons. The Labute approximate surface area is 92.1 Å². The summed E-state index contributed by atoms with van der Waals surface area (Å²) in [5.74, 6) is 0. The van der Waals surface area contributed by atoms with E-state index in [1.165, 1.54) is 0 Å². The fourth-order valence-corrected chi connectivity index (χ4v) is 1.89. The lowest BCUT2D eigenvalue weighted by molar-refractivity contribution is 0.425. The molecule has 4 heteroatoms. The third-order valence-corrected chi connectivity index (χ3v) is 2.33. The molecular formula is C10H15BrN2O. The zero-order chi connectivity index (χ0) is 10.9. The summed E-state index contributed by atoms with van der Waals surface area (Å²) in [4.78, 5) is 11.7. The Hall–Kier alpha value is -0.610. The Balaban J connectivity index is 3.16. The summed E-state index contributed by atoms with van der Waals surface area (Å²) in [7, 11) is 0. The molecule has 1 heterocycles. The van der Waals surface area contributed by atoms with Crippen LogP contribution in [0.25, 0.3) is 0 Å². The molecule has 0 atom stereocenters. The number of rotatable bonds is 2. The molecule has 2 N–H and O–H groups in total. The van der Waals surface area contributed by atoms with E-state index in [1.807, 2.05) is 33.0 Å². The third-order valence-electron chi connectivity index (χ3n) is 1.76. The number of aryl methyl sites for hydroxylation is 1. The molecule has 0 aromatic carbocycles. The second-order valence-corrected chi connectivity index (χ2v) is 5.14. The van der Waals surface area contributed by atoms with Crippen molar-refractivity contribution in [3.05, 3.63) is 32.7 Å². The first-order valence-electron chi connectivity index (χ1n) is 4.45. The van der Waals surface area contributed by atoms with Gasteiger partial charge in [0.05, 0.1) is 4.47 Å². The van der Waals surface area contributed by atoms with Gasteiger partial charge >= 0.3 is 0 Å². The summed E-state index contributed by atoms with van der Waals surface area (Å²) < 4.78 is 2.22. The first-order chi connectivity index (χ1) is 6.29. The molecule has 0 amide bonds. The summed E-state index contributed by atoms with van der Waals surface area (Å²) in [5.41, 5.74) is 6.49. The van der Waals surface area contributed by atoms with Gasteiger partial charge < -0.3 is 10.3 Å². The quantitative estimate of drug-likeness (QED) is 0.878. The van der Waals surface area contributed by atoms with E-state index in [9.17, 15) is 4.79 Å². The van der Waals surface area contributed by atoms with Crippen LogP contribution >= 0.6 is 15.9 Å². The fourth-order valence-electron chi connectivity index (χ4n) is 1.30. The Morgan fingerprint density at radius 2 is 2.14 bits per heavy atom. The fraction of sp³-hybridized carbons (Fsp3) is 0.500. The van der Waals surface area contributed by atoms with Crippen molar-refractivity contribution in [1.82, 2.24) is 4.57 Å². The molecule has 3 nitrogen and oxygen atoms in total. The maximum absolute atomic E-state index is 11.7. The van der Waals surface area contributed by atoms with Crippen LogP contribution in [0.2, 0.25) is 0 Å². The smallest absolute Gasteiger partial charge is 0.264 e. The number of halogens is 1. The van der Waals surface area contributed by atoms with Crippen molar-refractivity contribution in [2.45, 2.75) is 32.9 Å². The topological polar surface area (TPSA) is 48.0 Å². The Kier molecular flexibility index (Phi) is 3.17. The molecule has 0 aliphatic carbocycles. The molecule has 0 aliphatic heterocycles. The van der Waals surface area contributed by atoms with Crippen LogP contribution in [0.5, 0.6) is 0 Å². The molecule has 0 saturated heterocycles. The summed E-state index contributed by atoms with van der Waals surface area (Å²) >= 11 is 3.23. The van der Waals surface area contributed by atoms with Crippen molar-refractivity contribution >= 4 is 15.9 Å². The van der Waals surface area contributed by atoms with Gasteiger partial charge in [0.15, 0.2) is 0 Å². The normalized spacial score (nSPS) is 11.8. The molecule has 1 rings (SSSR count). The lowest BCUT2D eigenvalue weighted by Crippen LogP contribution is -2.40. The zero-order valence-electron chi connectivity index (χ0n) is 8.67. The van der Waals surface area contributed by atoms with Gasteiger partial charge in [0.1, 0.15) is 0 Å². The highest BCUT2D eigenvalue weighted by Crippen LogP contribution is 2.08. The molecule has 0 fully saturated rings. The van der Waals surface area contributed by atoms with E-state index >= 15 is 0 Å². The largest absolute Gasteiger partial charge is 0.324 e. The first kappa shape index (κ1) is 11.5. The van der Waals surface area contributed by atoms with Crippen LogP contribution in [-0.2, 0) is 6.54 Å². The molecule has 0 bridgehead atoms. The first-order valence-corrected chi connectivity index (χ1v) is 5.24. The van der Waals surface area contributed by atoms with Gasteiger partial charge in [-0.15, -0.1) is 0 Å². The van der Waals surface area contributed by atoms with E-state index in [-0.39, 0.29) is 11.1 Å². The third kappa shape index (κ3) is 2.96. The summed E-state index contributed by atoms with van der Waals surface area (Å²) in [6, 6.07) is 1.81. The highest BCUT2D eigenvalue weighted by atomic mass is 79.9. The number of aromatic nitrogens is 1. The molecule has 14 heavy (non-hydrogen) atoms. The van der Waals surface area contributed by atoms with Gasteiger partial charge in [0.2, 0.25) is 0 Å². The second-order valence-electron chi connectivity index (χ2n) is 4.29. The Morgan fingerprint density at radius 1 is 1.57 bits per heavy atom. The van der Waals surface area contributed by atoms with Crippen LogP contribution in [0.3, 0.4) is 0 Å². The van der Waals surface area contributed by atoms with E-state index in [4.69, 9.17) is 5.73 Å². The van der Waals surface area contributed by atoms with Gasteiger partial charge in [-0.25, -0.2) is 0 Å². The summed E-state index contributed by atoms with van der Waals surface area (Å²) in [6.45, 7) is 6.27. The highest BCUT2D eigenvalue weighted by molar-refractivity contribution is 9.10. The van der Waals surface area contributed by atoms with Crippen molar-refractivity contribution in [1.29, 1.82) is 0 Å². The van der Waals surface area contributed by atoms with Crippen molar-refractivity contribution in [2.24, 2.45) is 5.73 Å². The monoisotopic (exact) mass is 258 g/mol. The molecule has 0 aliphatic rings. The molecule has 1 aromatic rings. The number of nitrogens with zero attached hydrogens (tertiary/aromatic N) is 1. The van der Waals surface area contributed by atoms with Crippen molar-refractivity contribution in [2.75, 3.05) is 0 Å².